The molecule has 2 nitrogen and oxygen atoms in total. The van der Waals surface area contributed by atoms with Gasteiger partial charge in [0.05, 0.1) is 0 Å². The van der Waals surface area contributed by atoms with Crippen LogP contribution in [0.5, 0.6) is 0 Å². The largest absolute Gasteiger partial charge is 0.317 e. The molecule has 1 N–H and O–H groups in total. The van der Waals surface area contributed by atoms with Crippen LogP contribution in [-0.4, -0.2) is 37.1 Å². The van der Waals surface area contributed by atoms with Crippen molar-refractivity contribution in [3.63, 3.8) is 0 Å². The molecular formula is C13H26N2. The maximum atomic E-state index is 3.41. The van der Waals surface area contributed by atoms with E-state index in [0.717, 1.165) is 18.0 Å². The van der Waals surface area contributed by atoms with Crippen molar-refractivity contribution in [2.24, 2.45) is 5.92 Å². The van der Waals surface area contributed by atoms with Crippen LogP contribution in [0.25, 0.3) is 0 Å². The molecule has 2 aliphatic rings. The van der Waals surface area contributed by atoms with Gasteiger partial charge in [-0.1, -0.05) is 6.92 Å². The maximum Gasteiger partial charge on any atom is 0.00954 e. The van der Waals surface area contributed by atoms with Crippen molar-refractivity contribution in [3.05, 3.63) is 0 Å². The zero-order valence-electron chi connectivity index (χ0n) is 10.3. The van der Waals surface area contributed by atoms with Crippen molar-refractivity contribution in [2.75, 3.05) is 20.1 Å². The number of rotatable bonds is 2. The van der Waals surface area contributed by atoms with Gasteiger partial charge in [-0.2, -0.15) is 0 Å². The quantitative estimate of drug-likeness (QED) is 0.752. The summed E-state index contributed by atoms with van der Waals surface area (Å²) >= 11 is 0. The first-order valence-corrected chi connectivity index (χ1v) is 6.71. The van der Waals surface area contributed by atoms with Crippen LogP contribution < -0.4 is 5.32 Å². The smallest absolute Gasteiger partial charge is 0.00954 e. The first kappa shape index (κ1) is 11.4. The Kier molecular flexibility index (Phi) is 4.04. The van der Waals surface area contributed by atoms with Gasteiger partial charge in [0.15, 0.2) is 0 Å². The van der Waals surface area contributed by atoms with Crippen LogP contribution >= 0.6 is 0 Å². The Hall–Kier alpha value is -0.0800. The predicted molar refractivity (Wildman–Crippen MR) is 65.1 cm³/mol. The molecule has 2 heteroatoms. The van der Waals surface area contributed by atoms with Crippen LogP contribution in [0.1, 0.15) is 45.4 Å². The minimum atomic E-state index is 0.781. The van der Waals surface area contributed by atoms with E-state index in [0.29, 0.717) is 0 Å². The highest BCUT2D eigenvalue weighted by Gasteiger charge is 2.27. The van der Waals surface area contributed by atoms with Gasteiger partial charge in [0.1, 0.15) is 0 Å². The van der Waals surface area contributed by atoms with E-state index in [1.54, 1.807) is 0 Å². The van der Waals surface area contributed by atoms with E-state index in [-0.39, 0.29) is 0 Å². The zero-order chi connectivity index (χ0) is 10.7. The molecule has 0 unspecified atom stereocenters. The Morgan fingerprint density at radius 2 is 1.53 bits per heavy atom. The van der Waals surface area contributed by atoms with Crippen LogP contribution in [-0.2, 0) is 0 Å². The van der Waals surface area contributed by atoms with Crippen LogP contribution in [0.4, 0.5) is 0 Å². The Morgan fingerprint density at radius 1 is 0.933 bits per heavy atom. The summed E-state index contributed by atoms with van der Waals surface area (Å²) in [6.45, 7) is 5.05. The SMILES string of the molecule is CNC1CCN(C2CCC(C)CC2)CC1. The monoisotopic (exact) mass is 210 g/mol. The topological polar surface area (TPSA) is 15.3 Å². The molecule has 0 aromatic rings. The van der Waals surface area contributed by atoms with Crippen LogP contribution in [0.2, 0.25) is 0 Å². The molecule has 0 aromatic carbocycles. The van der Waals surface area contributed by atoms with Gasteiger partial charge < -0.3 is 10.2 Å². The molecule has 15 heavy (non-hydrogen) atoms. The standard InChI is InChI=1S/C13H26N2/c1-11-3-5-13(6-4-11)15-9-7-12(14-2)8-10-15/h11-14H,3-10H2,1-2H3. The highest BCUT2D eigenvalue weighted by atomic mass is 15.2. The minimum Gasteiger partial charge on any atom is -0.317 e. The van der Waals surface area contributed by atoms with Gasteiger partial charge in [0.25, 0.3) is 0 Å². The van der Waals surface area contributed by atoms with E-state index in [4.69, 9.17) is 0 Å². The number of piperidine rings is 1. The van der Waals surface area contributed by atoms with Gasteiger partial charge in [-0.3, -0.25) is 0 Å². The molecule has 88 valence electrons. The Morgan fingerprint density at radius 3 is 2.07 bits per heavy atom. The molecule has 2 rings (SSSR count). The minimum absolute atomic E-state index is 0.781. The third-order valence-electron chi connectivity index (χ3n) is 4.44. The van der Waals surface area contributed by atoms with Gasteiger partial charge >= 0.3 is 0 Å². The summed E-state index contributed by atoms with van der Waals surface area (Å²) in [5, 5.41) is 3.41. The van der Waals surface area contributed by atoms with Crippen molar-refractivity contribution >= 4 is 0 Å². The fourth-order valence-electron chi connectivity index (χ4n) is 3.16. The van der Waals surface area contributed by atoms with E-state index >= 15 is 0 Å². The van der Waals surface area contributed by atoms with Crippen LogP contribution in [0.15, 0.2) is 0 Å². The molecule has 1 heterocycles. The molecule has 1 saturated heterocycles. The lowest BCUT2D eigenvalue weighted by Gasteiger charge is -2.40. The van der Waals surface area contributed by atoms with E-state index in [9.17, 15) is 0 Å². The fourth-order valence-corrected chi connectivity index (χ4v) is 3.16. The summed E-state index contributed by atoms with van der Waals surface area (Å²) in [5.41, 5.74) is 0. The van der Waals surface area contributed by atoms with Gasteiger partial charge in [-0.05, 0) is 64.6 Å². The van der Waals surface area contributed by atoms with Gasteiger partial charge in [-0.15, -0.1) is 0 Å². The van der Waals surface area contributed by atoms with Gasteiger partial charge in [-0.25, -0.2) is 0 Å². The van der Waals surface area contributed by atoms with Crippen molar-refractivity contribution in [1.29, 1.82) is 0 Å². The number of nitrogens with one attached hydrogen (secondary N) is 1. The summed E-state index contributed by atoms with van der Waals surface area (Å²) in [6, 6.07) is 1.70. The van der Waals surface area contributed by atoms with Gasteiger partial charge in [0.2, 0.25) is 0 Å². The van der Waals surface area contributed by atoms with Crippen LogP contribution in [0, 0.1) is 5.92 Å². The second-order valence-corrected chi connectivity index (χ2v) is 5.51. The zero-order valence-corrected chi connectivity index (χ0v) is 10.3. The van der Waals surface area contributed by atoms with Crippen molar-refractivity contribution in [2.45, 2.75) is 57.5 Å². The van der Waals surface area contributed by atoms with E-state index in [2.05, 4.69) is 24.2 Å². The number of likely N-dealkylation sites (tertiary alicyclic amines) is 1. The average Bonchev–Trinajstić information content (AvgIpc) is 2.30. The normalized spacial score (nSPS) is 35.6. The highest BCUT2D eigenvalue weighted by Crippen LogP contribution is 2.28. The first-order valence-electron chi connectivity index (χ1n) is 6.71. The first-order chi connectivity index (χ1) is 7.29. The molecule has 0 atom stereocenters. The van der Waals surface area contributed by atoms with Crippen molar-refractivity contribution < 1.29 is 0 Å². The number of hydrogen-bond donors (Lipinski definition) is 1. The molecule has 0 bridgehead atoms. The third-order valence-corrected chi connectivity index (χ3v) is 4.44. The summed E-state index contributed by atoms with van der Waals surface area (Å²) in [6.07, 6.45) is 8.51. The predicted octanol–water partition coefficient (Wildman–Crippen LogP) is 2.25. The second kappa shape index (κ2) is 5.31. The molecule has 1 saturated carbocycles. The molecule has 1 aliphatic carbocycles. The summed E-state index contributed by atoms with van der Waals surface area (Å²) in [5.74, 6) is 0.982. The molecule has 2 fully saturated rings. The number of hydrogen-bond acceptors (Lipinski definition) is 2. The lowest BCUT2D eigenvalue weighted by molar-refractivity contribution is 0.106. The lowest BCUT2D eigenvalue weighted by atomic mass is 9.85. The molecule has 0 amide bonds. The average molecular weight is 210 g/mol. The van der Waals surface area contributed by atoms with E-state index in [1.165, 1.54) is 51.6 Å². The maximum absolute atomic E-state index is 3.41. The Bertz CT molecular complexity index is 177. The molecule has 0 spiro atoms. The van der Waals surface area contributed by atoms with Crippen molar-refractivity contribution in [3.8, 4) is 0 Å². The fraction of sp³-hybridized carbons (Fsp3) is 1.00. The summed E-state index contributed by atoms with van der Waals surface area (Å²) < 4.78 is 0. The lowest BCUT2D eigenvalue weighted by Crippen LogP contribution is -2.46. The third kappa shape index (κ3) is 2.94. The molecule has 0 radical (unpaired) electrons. The highest BCUT2D eigenvalue weighted by molar-refractivity contribution is 4.83. The van der Waals surface area contributed by atoms with Gasteiger partial charge in [0, 0.05) is 12.1 Å². The van der Waals surface area contributed by atoms with E-state index in [1.807, 2.05) is 0 Å². The Balaban J connectivity index is 1.75. The summed E-state index contributed by atoms with van der Waals surface area (Å²) in [7, 11) is 2.10. The summed E-state index contributed by atoms with van der Waals surface area (Å²) in [4.78, 5) is 2.75. The Labute approximate surface area is 94.4 Å². The van der Waals surface area contributed by atoms with Crippen molar-refractivity contribution in [1.82, 2.24) is 10.2 Å². The van der Waals surface area contributed by atoms with E-state index < -0.39 is 0 Å². The number of nitrogens with zero attached hydrogens (tertiary/aromatic N) is 1. The van der Waals surface area contributed by atoms with Crippen LogP contribution in [0.3, 0.4) is 0 Å². The molecular weight excluding hydrogens is 184 g/mol. The molecule has 1 aliphatic heterocycles. The second-order valence-electron chi connectivity index (χ2n) is 5.51. The molecule has 0 aromatic heterocycles.